The summed E-state index contributed by atoms with van der Waals surface area (Å²) < 4.78 is 1.68. The molecule has 144 valence electrons. The fourth-order valence-corrected chi connectivity index (χ4v) is 3.87. The molecule has 2 fully saturated rings. The van der Waals surface area contributed by atoms with Crippen molar-refractivity contribution in [2.75, 3.05) is 19.6 Å². The van der Waals surface area contributed by atoms with E-state index < -0.39 is 0 Å². The highest BCUT2D eigenvalue weighted by Crippen LogP contribution is 2.27. The quantitative estimate of drug-likeness (QED) is 0.714. The molecule has 7 nitrogen and oxygen atoms in total. The van der Waals surface area contributed by atoms with E-state index in [1.165, 1.54) is 37.7 Å². The third-order valence-corrected chi connectivity index (χ3v) is 5.73. The Morgan fingerprint density at radius 2 is 1.89 bits per heavy atom. The zero-order chi connectivity index (χ0) is 18.5. The van der Waals surface area contributed by atoms with Crippen molar-refractivity contribution in [3.8, 4) is 0 Å². The Labute approximate surface area is 160 Å². The second-order valence-corrected chi connectivity index (χ2v) is 7.79. The Balaban J connectivity index is 1.42. The van der Waals surface area contributed by atoms with Gasteiger partial charge in [0.2, 0.25) is 5.91 Å². The minimum Gasteiger partial charge on any atom is -0.336 e. The van der Waals surface area contributed by atoms with Gasteiger partial charge in [0.1, 0.15) is 6.54 Å². The van der Waals surface area contributed by atoms with Crippen molar-refractivity contribution >= 4 is 5.91 Å². The number of benzene rings is 1. The van der Waals surface area contributed by atoms with Gasteiger partial charge in [0.15, 0.2) is 5.82 Å². The molecular formula is C20H28N6O. The number of likely N-dealkylation sites (tertiary alicyclic amines) is 1. The minimum absolute atomic E-state index is 0.0979. The smallest absolute Gasteiger partial charge is 0.244 e. The molecule has 2 heterocycles. The van der Waals surface area contributed by atoms with Crippen molar-refractivity contribution in [2.24, 2.45) is 5.92 Å². The minimum atomic E-state index is 0.0979. The Kier molecular flexibility index (Phi) is 5.77. The topological polar surface area (TPSA) is 67.2 Å². The van der Waals surface area contributed by atoms with Crippen LogP contribution in [0.5, 0.6) is 0 Å². The number of nitrogens with zero attached hydrogens (tertiary/aromatic N) is 6. The van der Waals surface area contributed by atoms with Crippen LogP contribution in [-0.2, 0) is 24.4 Å². The maximum absolute atomic E-state index is 13.1. The van der Waals surface area contributed by atoms with E-state index in [9.17, 15) is 4.79 Å². The number of amides is 1. The molecule has 1 aliphatic carbocycles. The van der Waals surface area contributed by atoms with E-state index >= 15 is 0 Å². The molecule has 2 aliphatic rings. The summed E-state index contributed by atoms with van der Waals surface area (Å²) in [6, 6.07) is 10.2. The zero-order valence-corrected chi connectivity index (χ0v) is 15.8. The molecule has 1 aromatic heterocycles. The third kappa shape index (κ3) is 4.71. The fraction of sp³-hybridized carbons (Fsp3) is 0.600. The van der Waals surface area contributed by atoms with Gasteiger partial charge in [-0.15, -0.1) is 5.10 Å². The molecule has 1 saturated carbocycles. The van der Waals surface area contributed by atoms with Crippen LogP contribution in [0.2, 0.25) is 0 Å². The predicted octanol–water partition coefficient (Wildman–Crippen LogP) is 2.10. The monoisotopic (exact) mass is 368 g/mol. The molecular weight excluding hydrogens is 340 g/mol. The summed E-state index contributed by atoms with van der Waals surface area (Å²) >= 11 is 0. The molecule has 1 amide bonds. The number of carbonyl (C=O) groups is 1. The first-order chi connectivity index (χ1) is 13.3. The first-order valence-corrected chi connectivity index (χ1v) is 10.1. The lowest BCUT2D eigenvalue weighted by Gasteiger charge is -2.32. The lowest BCUT2D eigenvalue weighted by atomic mass is 9.85. The SMILES string of the molecule is O=C(Cn1nnnc1CN1CCCC1)N(Cc1ccccc1)CC1CCC1. The van der Waals surface area contributed by atoms with Crippen LogP contribution in [0.1, 0.15) is 43.5 Å². The summed E-state index contributed by atoms with van der Waals surface area (Å²) in [5.74, 6) is 1.52. The second-order valence-electron chi connectivity index (χ2n) is 7.79. The summed E-state index contributed by atoms with van der Waals surface area (Å²) in [6.45, 7) is 4.60. The molecule has 2 aromatic rings. The molecule has 0 atom stereocenters. The number of carbonyl (C=O) groups excluding carboxylic acids is 1. The van der Waals surface area contributed by atoms with Gasteiger partial charge < -0.3 is 4.90 Å². The molecule has 0 unspecified atom stereocenters. The highest BCUT2D eigenvalue weighted by atomic mass is 16.2. The van der Waals surface area contributed by atoms with E-state index in [4.69, 9.17) is 0 Å². The molecule has 1 saturated heterocycles. The summed E-state index contributed by atoms with van der Waals surface area (Å²) in [6.07, 6.45) is 6.19. The molecule has 0 bridgehead atoms. The van der Waals surface area contributed by atoms with Crippen molar-refractivity contribution in [3.05, 3.63) is 41.7 Å². The van der Waals surface area contributed by atoms with E-state index in [1.54, 1.807) is 4.68 Å². The largest absolute Gasteiger partial charge is 0.336 e. The van der Waals surface area contributed by atoms with E-state index in [0.29, 0.717) is 12.5 Å². The molecule has 0 radical (unpaired) electrons. The molecule has 4 rings (SSSR count). The number of aromatic nitrogens is 4. The van der Waals surface area contributed by atoms with E-state index in [0.717, 1.165) is 32.0 Å². The normalized spacial score (nSPS) is 17.8. The van der Waals surface area contributed by atoms with Crippen molar-refractivity contribution < 1.29 is 4.79 Å². The summed E-state index contributed by atoms with van der Waals surface area (Å²) in [7, 11) is 0. The average molecular weight is 368 g/mol. The molecule has 0 N–H and O–H groups in total. The average Bonchev–Trinajstić information content (AvgIpc) is 3.31. The zero-order valence-electron chi connectivity index (χ0n) is 15.8. The highest BCUT2D eigenvalue weighted by molar-refractivity contribution is 5.76. The molecule has 1 aliphatic heterocycles. The van der Waals surface area contributed by atoms with Gasteiger partial charge in [0.05, 0.1) is 6.54 Å². The van der Waals surface area contributed by atoms with Crippen LogP contribution >= 0.6 is 0 Å². The van der Waals surface area contributed by atoms with Crippen LogP contribution in [0.25, 0.3) is 0 Å². The second kappa shape index (κ2) is 8.61. The summed E-state index contributed by atoms with van der Waals surface area (Å²) in [5.41, 5.74) is 1.17. The Hall–Kier alpha value is -2.28. The summed E-state index contributed by atoms with van der Waals surface area (Å²) in [4.78, 5) is 17.4. The lowest BCUT2D eigenvalue weighted by Crippen LogP contribution is -2.39. The van der Waals surface area contributed by atoms with Gasteiger partial charge in [0.25, 0.3) is 0 Å². The summed E-state index contributed by atoms with van der Waals surface area (Å²) in [5, 5.41) is 12.1. The van der Waals surface area contributed by atoms with Crippen molar-refractivity contribution in [1.29, 1.82) is 0 Å². The number of tetrazole rings is 1. The van der Waals surface area contributed by atoms with Gasteiger partial charge in [-0.1, -0.05) is 36.8 Å². The Bertz CT molecular complexity index is 736. The standard InChI is InChI=1S/C20H28N6O/c27-20(16-26-19(21-22-23-26)15-24-11-4-5-12-24)25(14-18-9-6-10-18)13-17-7-2-1-3-8-17/h1-3,7-8,18H,4-6,9-16H2. The number of rotatable bonds is 8. The van der Waals surface area contributed by atoms with E-state index in [1.807, 2.05) is 23.1 Å². The maximum atomic E-state index is 13.1. The van der Waals surface area contributed by atoms with Crippen molar-refractivity contribution in [1.82, 2.24) is 30.0 Å². The van der Waals surface area contributed by atoms with Gasteiger partial charge in [-0.2, -0.15) is 0 Å². The van der Waals surface area contributed by atoms with Crippen molar-refractivity contribution in [2.45, 2.75) is 51.7 Å². The van der Waals surface area contributed by atoms with Gasteiger partial charge >= 0.3 is 0 Å². The fourth-order valence-electron chi connectivity index (χ4n) is 3.87. The van der Waals surface area contributed by atoms with E-state index in [-0.39, 0.29) is 12.5 Å². The molecule has 1 aromatic carbocycles. The van der Waals surface area contributed by atoms with Crippen LogP contribution in [0.3, 0.4) is 0 Å². The van der Waals surface area contributed by atoms with Crippen LogP contribution in [0.4, 0.5) is 0 Å². The highest BCUT2D eigenvalue weighted by Gasteiger charge is 2.25. The van der Waals surface area contributed by atoms with Crippen LogP contribution in [-0.4, -0.2) is 55.5 Å². The van der Waals surface area contributed by atoms with Crippen LogP contribution in [0.15, 0.2) is 30.3 Å². The van der Waals surface area contributed by atoms with Crippen molar-refractivity contribution in [3.63, 3.8) is 0 Å². The van der Waals surface area contributed by atoms with Gasteiger partial charge in [-0.25, -0.2) is 4.68 Å². The lowest BCUT2D eigenvalue weighted by molar-refractivity contribution is -0.133. The van der Waals surface area contributed by atoms with Crippen LogP contribution in [0, 0.1) is 5.92 Å². The molecule has 27 heavy (non-hydrogen) atoms. The van der Waals surface area contributed by atoms with Gasteiger partial charge in [0, 0.05) is 13.1 Å². The third-order valence-electron chi connectivity index (χ3n) is 5.73. The molecule has 0 spiro atoms. The van der Waals surface area contributed by atoms with Gasteiger partial charge in [-0.05, 0) is 60.7 Å². The first kappa shape index (κ1) is 18.1. The van der Waals surface area contributed by atoms with Crippen LogP contribution < -0.4 is 0 Å². The number of hydrogen-bond donors (Lipinski definition) is 0. The Morgan fingerprint density at radius 1 is 1.11 bits per heavy atom. The molecule has 7 heteroatoms. The number of hydrogen-bond acceptors (Lipinski definition) is 5. The predicted molar refractivity (Wildman–Crippen MR) is 102 cm³/mol. The maximum Gasteiger partial charge on any atom is 0.244 e. The van der Waals surface area contributed by atoms with Gasteiger partial charge in [-0.3, -0.25) is 9.69 Å². The Morgan fingerprint density at radius 3 is 2.59 bits per heavy atom. The first-order valence-electron chi connectivity index (χ1n) is 10.1. The van der Waals surface area contributed by atoms with E-state index in [2.05, 4.69) is 32.6 Å².